The van der Waals surface area contributed by atoms with Crippen LogP contribution in [0, 0.1) is 17.7 Å². The zero-order valence-corrected chi connectivity index (χ0v) is 21.6. The van der Waals surface area contributed by atoms with Gasteiger partial charge in [-0.15, -0.1) is 0 Å². The molecule has 11 heteroatoms. The lowest BCUT2D eigenvalue weighted by atomic mass is 9.88. The molecule has 2 heterocycles. The molecule has 0 bridgehead atoms. The Bertz CT molecular complexity index is 858. The first kappa shape index (κ1) is 28.4. The van der Waals surface area contributed by atoms with Crippen LogP contribution in [0.5, 0.6) is 0 Å². The molecule has 4 N–H and O–H groups in total. The molecule has 2 fully saturated rings. The summed E-state index contributed by atoms with van der Waals surface area (Å²) < 4.78 is 26.4. The number of likely N-dealkylation sites (tertiary alicyclic amines) is 1. The van der Waals surface area contributed by atoms with Crippen LogP contribution >= 0.6 is 11.6 Å². The maximum atomic E-state index is 14.9. The van der Waals surface area contributed by atoms with Crippen molar-refractivity contribution in [2.45, 2.75) is 44.2 Å². The van der Waals surface area contributed by atoms with E-state index < -0.39 is 18.0 Å². The van der Waals surface area contributed by atoms with E-state index in [9.17, 15) is 14.0 Å². The van der Waals surface area contributed by atoms with Gasteiger partial charge < -0.3 is 35.4 Å². The minimum absolute atomic E-state index is 0.00168. The smallest absolute Gasteiger partial charge is 0.404 e. The number of carbonyl (C=O) groups excluding carboxylic acids is 1. The molecule has 36 heavy (non-hydrogen) atoms. The first-order valence-electron chi connectivity index (χ1n) is 12.7. The molecule has 1 aromatic carbocycles. The lowest BCUT2D eigenvalue weighted by Gasteiger charge is -2.38. The third-order valence-corrected chi connectivity index (χ3v) is 7.17. The van der Waals surface area contributed by atoms with E-state index in [0.717, 1.165) is 45.3 Å². The zero-order valence-electron chi connectivity index (χ0n) is 20.8. The zero-order chi connectivity index (χ0) is 25.9. The summed E-state index contributed by atoms with van der Waals surface area (Å²) in [5.74, 6) is -0.197. The molecule has 0 aromatic heterocycles. The number of carboxylic acid groups (broad SMARTS) is 1. The molecular weight excluding hydrogens is 491 g/mol. The van der Waals surface area contributed by atoms with Crippen molar-refractivity contribution in [2.24, 2.45) is 11.8 Å². The number of benzene rings is 1. The van der Waals surface area contributed by atoms with Gasteiger partial charge in [0.2, 0.25) is 0 Å². The van der Waals surface area contributed by atoms with Gasteiger partial charge in [-0.05, 0) is 51.1 Å². The largest absolute Gasteiger partial charge is 0.465 e. The molecule has 2 saturated heterocycles. The average molecular weight is 529 g/mol. The molecule has 0 spiro atoms. The summed E-state index contributed by atoms with van der Waals surface area (Å²) in [6, 6.07) is 4.64. The molecule has 3 atom stereocenters. The highest BCUT2D eigenvalue weighted by atomic mass is 35.5. The summed E-state index contributed by atoms with van der Waals surface area (Å²) in [7, 11) is 1.88. The van der Waals surface area contributed by atoms with Crippen molar-refractivity contribution < 1.29 is 28.6 Å². The van der Waals surface area contributed by atoms with Gasteiger partial charge in [0.1, 0.15) is 5.82 Å². The number of ether oxygens (including phenoxy) is 2. The summed E-state index contributed by atoms with van der Waals surface area (Å²) >= 11 is 6.04. The predicted octanol–water partition coefficient (Wildman–Crippen LogP) is 3.63. The monoisotopic (exact) mass is 528 g/mol. The van der Waals surface area contributed by atoms with Crippen LogP contribution in [0.15, 0.2) is 18.2 Å². The Morgan fingerprint density at radius 3 is 2.81 bits per heavy atom. The number of hydrogen-bond acceptors (Lipinski definition) is 5. The van der Waals surface area contributed by atoms with E-state index in [1.165, 1.54) is 6.07 Å². The van der Waals surface area contributed by atoms with Crippen molar-refractivity contribution in [3.8, 4) is 0 Å². The maximum Gasteiger partial charge on any atom is 0.404 e. The predicted molar refractivity (Wildman–Crippen MR) is 135 cm³/mol. The van der Waals surface area contributed by atoms with Crippen LogP contribution in [0.3, 0.4) is 0 Å². The number of hydrogen-bond donors (Lipinski definition) is 4. The topological polar surface area (TPSA) is 112 Å². The van der Waals surface area contributed by atoms with E-state index in [4.69, 9.17) is 26.2 Å². The molecule has 3 rings (SSSR count). The second-order valence-corrected chi connectivity index (χ2v) is 9.92. The van der Waals surface area contributed by atoms with Crippen LogP contribution in [-0.2, 0) is 9.47 Å². The lowest BCUT2D eigenvalue weighted by molar-refractivity contribution is -0.0105. The molecule has 3 amide bonds. The van der Waals surface area contributed by atoms with Gasteiger partial charge in [0.25, 0.3) is 0 Å². The molecule has 1 unspecified atom stereocenters. The average Bonchev–Trinajstić information content (AvgIpc) is 2.87. The number of amides is 3. The van der Waals surface area contributed by atoms with Crippen LogP contribution in [0.25, 0.3) is 0 Å². The Morgan fingerprint density at radius 2 is 2.08 bits per heavy atom. The first-order valence-corrected chi connectivity index (χ1v) is 13.1. The third kappa shape index (κ3) is 8.47. The highest BCUT2D eigenvalue weighted by molar-refractivity contribution is 6.30. The molecule has 202 valence electrons. The SMILES string of the molecule is CNC[C@H](CC1CCOCC1)NC(=O)N1CCC[C@@H](C(OCCNC(=O)O)c2cccc(Cl)c2F)C1. The number of urea groups is 1. The summed E-state index contributed by atoms with van der Waals surface area (Å²) in [6.45, 7) is 3.36. The molecule has 0 aliphatic carbocycles. The quantitative estimate of drug-likeness (QED) is 0.326. The fraction of sp³-hybridized carbons (Fsp3) is 0.680. The third-order valence-electron chi connectivity index (χ3n) is 6.87. The van der Waals surface area contributed by atoms with Gasteiger partial charge >= 0.3 is 12.1 Å². The molecule has 2 aliphatic heterocycles. The number of nitrogens with zero attached hydrogens (tertiary/aromatic N) is 1. The molecule has 0 radical (unpaired) electrons. The number of likely N-dealkylation sites (N-methyl/N-ethyl adjacent to an activating group) is 1. The minimum Gasteiger partial charge on any atom is -0.465 e. The van der Waals surface area contributed by atoms with E-state index in [2.05, 4.69) is 16.0 Å². The van der Waals surface area contributed by atoms with E-state index in [0.29, 0.717) is 31.1 Å². The fourth-order valence-corrected chi connectivity index (χ4v) is 5.28. The van der Waals surface area contributed by atoms with E-state index in [1.54, 1.807) is 17.0 Å². The van der Waals surface area contributed by atoms with Crippen molar-refractivity contribution in [3.05, 3.63) is 34.6 Å². The van der Waals surface area contributed by atoms with Crippen LogP contribution in [-0.4, -0.2) is 81.2 Å². The van der Waals surface area contributed by atoms with Gasteiger partial charge in [0.05, 0.1) is 17.7 Å². The van der Waals surface area contributed by atoms with Crippen LogP contribution in [0.1, 0.15) is 43.8 Å². The van der Waals surface area contributed by atoms with Gasteiger partial charge in [-0.1, -0.05) is 23.7 Å². The van der Waals surface area contributed by atoms with E-state index in [1.807, 2.05) is 7.05 Å². The van der Waals surface area contributed by atoms with E-state index >= 15 is 0 Å². The van der Waals surface area contributed by atoms with Crippen molar-refractivity contribution in [3.63, 3.8) is 0 Å². The molecule has 1 aromatic rings. The molecular formula is C25H38ClFN4O5. The summed E-state index contributed by atoms with van der Waals surface area (Å²) in [5, 5.41) is 17.5. The Hall–Kier alpha value is -2.14. The van der Waals surface area contributed by atoms with Gasteiger partial charge in [0, 0.05) is 56.9 Å². The number of nitrogens with one attached hydrogen (secondary N) is 3. The van der Waals surface area contributed by atoms with E-state index in [-0.39, 0.29) is 36.2 Å². The number of rotatable bonds is 11. The number of halogens is 2. The van der Waals surface area contributed by atoms with Crippen molar-refractivity contribution in [1.82, 2.24) is 20.9 Å². The molecule has 2 aliphatic rings. The Morgan fingerprint density at radius 1 is 1.31 bits per heavy atom. The summed E-state index contributed by atoms with van der Waals surface area (Å²) in [5.41, 5.74) is 0.317. The van der Waals surface area contributed by atoms with Crippen LogP contribution in [0.4, 0.5) is 14.0 Å². The fourth-order valence-electron chi connectivity index (χ4n) is 5.10. The lowest BCUT2D eigenvalue weighted by Crippen LogP contribution is -2.52. The van der Waals surface area contributed by atoms with Crippen LogP contribution in [0.2, 0.25) is 5.02 Å². The number of piperidine rings is 1. The maximum absolute atomic E-state index is 14.9. The highest BCUT2D eigenvalue weighted by Crippen LogP contribution is 2.36. The van der Waals surface area contributed by atoms with Gasteiger partial charge in [0.15, 0.2) is 0 Å². The normalized spacial score (nSPS) is 20.5. The Kier molecular flexibility index (Phi) is 11.5. The van der Waals surface area contributed by atoms with Gasteiger partial charge in [-0.3, -0.25) is 0 Å². The first-order chi connectivity index (χ1) is 17.4. The second kappa shape index (κ2) is 14.6. The summed E-state index contributed by atoms with van der Waals surface area (Å²) in [6.07, 6.45) is 2.58. The van der Waals surface area contributed by atoms with Gasteiger partial charge in [-0.2, -0.15) is 0 Å². The van der Waals surface area contributed by atoms with Crippen molar-refractivity contribution >= 4 is 23.7 Å². The minimum atomic E-state index is -1.15. The molecule has 0 saturated carbocycles. The summed E-state index contributed by atoms with van der Waals surface area (Å²) in [4.78, 5) is 25.8. The van der Waals surface area contributed by atoms with Crippen LogP contribution < -0.4 is 16.0 Å². The van der Waals surface area contributed by atoms with Gasteiger partial charge in [-0.25, -0.2) is 14.0 Å². The number of carbonyl (C=O) groups is 2. The standard InChI is InChI=1S/C25H38ClFN4O5/c1-28-15-19(14-17-7-11-35-12-8-17)30-24(32)31-10-3-4-18(16-31)23(36-13-9-29-25(33)34)20-5-2-6-21(26)22(20)27/h2,5-6,17-19,23,28-29H,3-4,7-16H2,1H3,(H,30,32)(H,33,34)/t18-,19+,23?/m1/s1. The Balaban J connectivity index is 1.66. The van der Waals surface area contributed by atoms with Crippen molar-refractivity contribution in [1.29, 1.82) is 0 Å². The Labute approximate surface area is 217 Å². The highest BCUT2D eigenvalue weighted by Gasteiger charge is 2.33. The second-order valence-electron chi connectivity index (χ2n) is 9.51. The van der Waals surface area contributed by atoms with Crippen molar-refractivity contribution in [2.75, 3.05) is 53.0 Å². The molecule has 9 nitrogen and oxygen atoms in total.